The van der Waals surface area contributed by atoms with Crippen molar-refractivity contribution in [2.45, 2.75) is 19.1 Å². The first-order valence-corrected chi connectivity index (χ1v) is 7.18. The number of benzene rings is 1. The van der Waals surface area contributed by atoms with Crippen LogP contribution in [0.25, 0.3) is 0 Å². The Bertz CT molecular complexity index is 672. The Hall–Kier alpha value is -2.44. The highest BCUT2D eigenvalue weighted by atomic mass is 19.4. The lowest BCUT2D eigenvalue weighted by Crippen LogP contribution is -2.07. The molecule has 23 heavy (non-hydrogen) atoms. The second-order valence-electron chi connectivity index (χ2n) is 5.08. The van der Waals surface area contributed by atoms with Crippen molar-refractivity contribution in [2.75, 3.05) is 18.5 Å². The summed E-state index contributed by atoms with van der Waals surface area (Å²) in [5.41, 5.74) is 0.0967. The summed E-state index contributed by atoms with van der Waals surface area (Å²) in [4.78, 5) is 3.79. The maximum Gasteiger partial charge on any atom is 0.417 e. The van der Waals surface area contributed by atoms with E-state index >= 15 is 0 Å². The average Bonchev–Trinajstić information content (AvgIpc) is 2.78. The van der Waals surface area contributed by atoms with E-state index < -0.39 is 11.7 Å². The number of hydrogen-bond donors (Lipinski definition) is 1. The topological polar surface area (TPSA) is 43.4 Å². The number of anilines is 1. The molecule has 1 aliphatic heterocycles. The van der Waals surface area contributed by atoms with Crippen LogP contribution in [0, 0.1) is 0 Å². The Labute approximate surface area is 131 Å². The largest absolute Gasteiger partial charge is 0.490 e. The monoisotopic (exact) mass is 324 g/mol. The SMILES string of the molecule is FC(F)(F)c1ccc(NCc2cccc3c2OCCCO3)nc1. The molecule has 0 fully saturated rings. The van der Waals surface area contributed by atoms with Crippen LogP contribution >= 0.6 is 0 Å². The molecule has 0 atom stereocenters. The third kappa shape index (κ3) is 3.67. The highest BCUT2D eigenvalue weighted by molar-refractivity contribution is 5.49. The minimum Gasteiger partial charge on any atom is -0.490 e. The molecule has 2 heterocycles. The molecule has 1 aromatic carbocycles. The Morgan fingerprint density at radius 2 is 1.91 bits per heavy atom. The second-order valence-corrected chi connectivity index (χ2v) is 5.08. The molecule has 0 radical (unpaired) electrons. The van der Waals surface area contributed by atoms with E-state index in [-0.39, 0.29) is 0 Å². The van der Waals surface area contributed by atoms with Crippen LogP contribution < -0.4 is 14.8 Å². The van der Waals surface area contributed by atoms with Crippen LogP contribution in [0.3, 0.4) is 0 Å². The lowest BCUT2D eigenvalue weighted by Gasteiger charge is -2.13. The van der Waals surface area contributed by atoms with Gasteiger partial charge in [-0.25, -0.2) is 4.98 Å². The van der Waals surface area contributed by atoms with E-state index in [1.54, 1.807) is 0 Å². The van der Waals surface area contributed by atoms with Gasteiger partial charge in [-0.3, -0.25) is 0 Å². The van der Waals surface area contributed by atoms with E-state index in [1.165, 1.54) is 6.07 Å². The minimum atomic E-state index is -4.38. The summed E-state index contributed by atoms with van der Waals surface area (Å²) in [6, 6.07) is 7.87. The third-order valence-corrected chi connectivity index (χ3v) is 3.40. The Kier molecular flexibility index (Phi) is 4.27. The van der Waals surface area contributed by atoms with Crippen molar-refractivity contribution in [3.63, 3.8) is 0 Å². The van der Waals surface area contributed by atoms with Crippen LogP contribution in [-0.4, -0.2) is 18.2 Å². The van der Waals surface area contributed by atoms with Crippen LogP contribution in [0.15, 0.2) is 36.5 Å². The van der Waals surface area contributed by atoms with Crippen LogP contribution in [0.4, 0.5) is 19.0 Å². The van der Waals surface area contributed by atoms with Gasteiger partial charge in [-0.2, -0.15) is 13.2 Å². The van der Waals surface area contributed by atoms with Gasteiger partial charge in [0, 0.05) is 24.7 Å². The number of alkyl halides is 3. The minimum absolute atomic E-state index is 0.366. The van der Waals surface area contributed by atoms with Crippen molar-refractivity contribution in [3.8, 4) is 11.5 Å². The molecule has 0 bridgehead atoms. The van der Waals surface area contributed by atoms with Gasteiger partial charge in [-0.05, 0) is 18.2 Å². The summed E-state index contributed by atoms with van der Waals surface area (Å²) >= 11 is 0. The maximum absolute atomic E-state index is 12.5. The summed E-state index contributed by atoms with van der Waals surface area (Å²) in [6.45, 7) is 1.55. The third-order valence-electron chi connectivity index (χ3n) is 3.40. The number of pyridine rings is 1. The molecule has 1 aliphatic rings. The fourth-order valence-electron chi connectivity index (χ4n) is 2.25. The van der Waals surface area contributed by atoms with E-state index in [1.807, 2.05) is 18.2 Å². The van der Waals surface area contributed by atoms with Crippen molar-refractivity contribution in [3.05, 3.63) is 47.7 Å². The number of fused-ring (bicyclic) bond motifs is 1. The standard InChI is InChI=1S/C16H15F3N2O2/c17-16(18,19)12-5-6-14(21-10-12)20-9-11-3-1-4-13-15(11)23-8-2-7-22-13/h1,3-6,10H,2,7-9H2,(H,20,21). The quantitative estimate of drug-likeness (QED) is 0.931. The zero-order chi connectivity index (χ0) is 16.3. The molecule has 7 heteroatoms. The number of rotatable bonds is 3. The molecule has 1 N–H and O–H groups in total. The first-order chi connectivity index (χ1) is 11.0. The lowest BCUT2D eigenvalue weighted by molar-refractivity contribution is -0.137. The van der Waals surface area contributed by atoms with Crippen LogP contribution in [0.5, 0.6) is 11.5 Å². The molecular weight excluding hydrogens is 309 g/mol. The Morgan fingerprint density at radius 3 is 2.65 bits per heavy atom. The molecule has 0 spiro atoms. The van der Waals surface area contributed by atoms with E-state index in [9.17, 15) is 13.2 Å². The molecular formula is C16H15F3N2O2. The maximum atomic E-state index is 12.5. The number of nitrogens with one attached hydrogen (secondary N) is 1. The van der Waals surface area contributed by atoms with Gasteiger partial charge in [0.2, 0.25) is 0 Å². The molecule has 0 saturated carbocycles. The smallest absolute Gasteiger partial charge is 0.417 e. The molecule has 0 unspecified atom stereocenters. The van der Waals surface area contributed by atoms with Crippen molar-refractivity contribution >= 4 is 5.82 Å². The molecule has 1 aromatic heterocycles. The van der Waals surface area contributed by atoms with E-state index in [0.717, 1.165) is 24.2 Å². The molecule has 4 nitrogen and oxygen atoms in total. The summed E-state index contributed by atoms with van der Waals surface area (Å²) in [7, 11) is 0. The van der Waals surface area contributed by atoms with Gasteiger partial charge in [0.1, 0.15) is 5.82 Å². The molecule has 3 rings (SSSR count). The first kappa shape index (κ1) is 15.5. The fraction of sp³-hybridized carbons (Fsp3) is 0.312. The zero-order valence-electron chi connectivity index (χ0n) is 12.2. The van der Waals surface area contributed by atoms with Gasteiger partial charge in [0.05, 0.1) is 18.8 Å². The summed E-state index contributed by atoms with van der Waals surface area (Å²) < 4.78 is 48.8. The summed E-state index contributed by atoms with van der Waals surface area (Å²) in [5, 5.41) is 3.00. The highest BCUT2D eigenvalue weighted by Gasteiger charge is 2.30. The molecule has 0 saturated heterocycles. The number of aromatic nitrogens is 1. The second kappa shape index (κ2) is 6.36. The molecule has 0 amide bonds. The number of halogens is 3. The van der Waals surface area contributed by atoms with Crippen molar-refractivity contribution in [2.24, 2.45) is 0 Å². The first-order valence-electron chi connectivity index (χ1n) is 7.18. The van der Waals surface area contributed by atoms with E-state index in [2.05, 4.69) is 10.3 Å². The van der Waals surface area contributed by atoms with Gasteiger partial charge < -0.3 is 14.8 Å². The lowest BCUT2D eigenvalue weighted by atomic mass is 10.2. The number of hydrogen-bond acceptors (Lipinski definition) is 4. The van der Waals surface area contributed by atoms with Crippen LogP contribution in [0.2, 0.25) is 0 Å². The van der Waals surface area contributed by atoms with Crippen molar-refractivity contribution in [1.82, 2.24) is 4.98 Å². The molecule has 2 aromatic rings. The number of nitrogens with zero attached hydrogens (tertiary/aromatic N) is 1. The Morgan fingerprint density at radius 1 is 1.09 bits per heavy atom. The van der Waals surface area contributed by atoms with Crippen molar-refractivity contribution < 1.29 is 22.6 Å². The predicted molar refractivity (Wildman–Crippen MR) is 78.6 cm³/mol. The van der Waals surface area contributed by atoms with E-state index in [4.69, 9.17) is 9.47 Å². The van der Waals surface area contributed by atoms with Gasteiger partial charge in [0.25, 0.3) is 0 Å². The predicted octanol–water partition coefficient (Wildman–Crippen LogP) is 3.87. The van der Waals surface area contributed by atoms with Gasteiger partial charge in [-0.1, -0.05) is 12.1 Å². The van der Waals surface area contributed by atoms with Gasteiger partial charge in [-0.15, -0.1) is 0 Å². The summed E-state index contributed by atoms with van der Waals surface area (Å²) in [6.07, 6.45) is -2.76. The van der Waals surface area contributed by atoms with E-state index in [0.29, 0.717) is 37.1 Å². The average molecular weight is 324 g/mol. The highest BCUT2D eigenvalue weighted by Crippen LogP contribution is 2.33. The number of para-hydroxylation sites is 1. The number of ether oxygens (including phenoxy) is 2. The van der Waals surface area contributed by atoms with Gasteiger partial charge in [0.15, 0.2) is 11.5 Å². The summed E-state index contributed by atoms with van der Waals surface area (Å²) in [5.74, 6) is 1.72. The van der Waals surface area contributed by atoms with Crippen LogP contribution in [-0.2, 0) is 12.7 Å². The molecule has 0 aliphatic carbocycles. The zero-order valence-corrected chi connectivity index (χ0v) is 12.2. The van der Waals surface area contributed by atoms with Crippen LogP contribution in [0.1, 0.15) is 17.5 Å². The fourth-order valence-corrected chi connectivity index (χ4v) is 2.25. The molecule has 122 valence electrons. The Balaban J connectivity index is 1.71. The van der Waals surface area contributed by atoms with Crippen molar-refractivity contribution in [1.29, 1.82) is 0 Å². The normalized spacial score (nSPS) is 14.2. The van der Waals surface area contributed by atoms with Gasteiger partial charge >= 0.3 is 6.18 Å².